The molecule has 1 heterocycles. The van der Waals surface area contributed by atoms with Gasteiger partial charge in [0.05, 0.1) is 0 Å². The van der Waals surface area contributed by atoms with Gasteiger partial charge in [0, 0.05) is 25.6 Å². The first-order valence-electron chi connectivity index (χ1n) is 8.56. The molecule has 0 bridgehead atoms. The molecule has 5 heteroatoms. The standard InChI is InChI=1S/C18H24F2N2O/c19-16-7-3-14(10-17(16)20)12-22-9-1-2-13(11-22)4-8-18(23)21-15-5-6-15/h3,7,10,13,15H,1-2,4-6,8-9,11-12H2,(H,21,23). The van der Waals surface area contributed by atoms with Gasteiger partial charge in [-0.05, 0) is 62.3 Å². The number of rotatable bonds is 6. The number of carbonyl (C=O) groups excluding carboxylic acids is 1. The van der Waals surface area contributed by atoms with Crippen molar-refractivity contribution in [3.63, 3.8) is 0 Å². The van der Waals surface area contributed by atoms with Crippen LogP contribution in [0, 0.1) is 17.6 Å². The van der Waals surface area contributed by atoms with Crippen molar-refractivity contribution in [3.8, 4) is 0 Å². The summed E-state index contributed by atoms with van der Waals surface area (Å²) in [5.41, 5.74) is 0.802. The average molecular weight is 322 g/mol. The second kappa shape index (κ2) is 7.39. The van der Waals surface area contributed by atoms with Crippen LogP contribution in [0.3, 0.4) is 0 Å². The first-order chi connectivity index (χ1) is 11.1. The summed E-state index contributed by atoms with van der Waals surface area (Å²) in [6.07, 6.45) is 5.99. The molecule has 1 aliphatic heterocycles. The lowest BCUT2D eigenvalue weighted by Gasteiger charge is -2.32. The molecule has 1 amide bonds. The Labute approximate surface area is 136 Å². The van der Waals surface area contributed by atoms with Crippen molar-refractivity contribution in [2.75, 3.05) is 13.1 Å². The lowest BCUT2D eigenvalue weighted by atomic mass is 9.93. The Bertz CT molecular complexity index is 560. The van der Waals surface area contributed by atoms with E-state index in [4.69, 9.17) is 0 Å². The van der Waals surface area contributed by atoms with Crippen molar-refractivity contribution in [2.45, 2.75) is 51.1 Å². The fraction of sp³-hybridized carbons (Fsp3) is 0.611. The molecular weight excluding hydrogens is 298 g/mol. The van der Waals surface area contributed by atoms with E-state index < -0.39 is 11.6 Å². The molecule has 0 radical (unpaired) electrons. The third-order valence-corrected chi connectivity index (χ3v) is 4.72. The van der Waals surface area contributed by atoms with Gasteiger partial charge in [0.25, 0.3) is 0 Å². The predicted octanol–water partition coefficient (Wildman–Crippen LogP) is 3.24. The van der Waals surface area contributed by atoms with Gasteiger partial charge in [-0.25, -0.2) is 8.78 Å². The molecule has 3 rings (SSSR count). The summed E-state index contributed by atoms with van der Waals surface area (Å²) < 4.78 is 26.3. The third-order valence-electron chi connectivity index (χ3n) is 4.72. The third kappa shape index (κ3) is 4.99. The van der Waals surface area contributed by atoms with Crippen LogP contribution in [0.5, 0.6) is 0 Å². The van der Waals surface area contributed by atoms with Crippen LogP contribution in [0.4, 0.5) is 8.78 Å². The first kappa shape index (κ1) is 16.4. The monoisotopic (exact) mass is 322 g/mol. The number of carbonyl (C=O) groups is 1. The second-order valence-electron chi connectivity index (χ2n) is 6.87. The molecule has 1 aromatic carbocycles. The van der Waals surface area contributed by atoms with Gasteiger partial charge in [-0.2, -0.15) is 0 Å². The van der Waals surface area contributed by atoms with Crippen LogP contribution in [-0.4, -0.2) is 29.9 Å². The number of nitrogens with one attached hydrogen (secondary N) is 1. The summed E-state index contributed by atoms with van der Waals surface area (Å²) in [5, 5.41) is 3.03. The van der Waals surface area contributed by atoms with E-state index in [-0.39, 0.29) is 5.91 Å². The molecule has 0 spiro atoms. The highest BCUT2D eigenvalue weighted by Crippen LogP contribution is 2.24. The molecule has 2 fully saturated rings. The number of piperidine rings is 1. The van der Waals surface area contributed by atoms with Gasteiger partial charge in [0.2, 0.25) is 5.91 Å². The van der Waals surface area contributed by atoms with Crippen LogP contribution in [0.1, 0.15) is 44.1 Å². The normalized spacial score (nSPS) is 22.1. The highest BCUT2D eigenvalue weighted by molar-refractivity contribution is 5.76. The molecular formula is C18H24F2N2O. The molecule has 1 unspecified atom stereocenters. The minimum absolute atomic E-state index is 0.172. The maximum Gasteiger partial charge on any atom is 0.220 e. The van der Waals surface area contributed by atoms with E-state index in [1.807, 2.05) is 0 Å². The van der Waals surface area contributed by atoms with Gasteiger partial charge < -0.3 is 5.32 Å². The minimum atomic E-state index is -0.799. The zero-order valence-corrected chi connectivity index (χ0v) is 13.4. The van der Waals surface area contributed by atoms with Crippen molar-refractivity contribution >= 4 is 5.91 Å². The fourth-order valence-electron chi connectivity index (χ4n) is 3.29. The Morgan fingerprint density at radius 3 is 2.78 bits per heavy atom. The van der Waals surface area contributed by atoms with Crippen LogP contribution in [0.2, 0.25) is 0 Å². The van der Waals surface area contributed by atoms with E-state index in [2.05, 4.69) is 10.2 Å². The van der Waals surface area contributed by atoms with Gasteiger partial charge in [-0.15, -0.1) is 0 Å². The van der Waals surface area contributed by atoms with E-state index >= 15 is 0 Å². The molecule has 2 aliphatic rings. The van der Waals surface area contributed by atoms with Crippen LogP contribution < -0.4 is 5.32 Å². The summed E-state index contributed by atoms with van der Waals surface area (Å²) in [5.74, 6) is -0.899. The van der Waals surface area contributed by atoms with Crippen LogP contribution in [0.25, 0.3) is 0 Å². The summed E-state index contributed by atoms with van der Waals surface area (Å²) in [7, 11) is 0. The quantitative estimate of drug-likeness (QED) is 0.872. The van der Waals surface area contributed by atoms with Crippen molar-refractivity contribution in [2.24, 2.45) is 5.92 Å². The van der Waals surface area contributed by atoms with Gasteiger partial charge in [-0.3, -0.25) is 9.69 Å². The Morgan fingerprint density at radius 2 is 2.04 bits per heavy atom. The number of hydrogen-bond donors (Lipinski definition) is 1. The van der Waals surface area contributed by atoms with Gasteiger partial charge in [-0.1, -0.05) is 6.07 Å². The minimum Gasteiger partial charge on any atom is -0.353 e. The number of hydrogen-bond acceptors (Lipinski definition) is 2. The number of nitrogens with zero attached hydrogens (tertiary/aromatic N) is 1. The molecule has 1 saturated heterocycles. The molecule has 0 aromatic heterocycles. The molecule has 1 N–H and O–H groups in total. The number of amides is 1. The smallest absolute Gasteiger partial charge is 0.220 e. The maximum absolute atomic E-state index is 13.3. The zero-order chi connectivity index (χ0) is 16.2. The first-order valence-corrected chi connectivity index (χ1v) is 8.56. The molecule has 1 aromatic rings. The Hall–Kier alpha value is -1.49. The fourth-order valence-corrected chi connectivity index (χ4v) is 3.29. The summed E-state index contributed by atoms with van der Waals surface area (Å²) in [6, 6.07) is 4.54. The van der Waals surface area contributed by atoms with Gasteiger partial charge in [0.1, 0.15) is 0 Å². The second-order valence-corrected chi connectivity index (χ2v) is 6.87. The van der Waals surface area contributed by atoms with E-state index in [9.17, 15) is 13.6 Å². The van der Waals surface area contributed by atoms with E-state index in [0.29, 0.717) is 24.9 Å². The largest absolute Gasteiger partial charge is 0.353 e. The Kier molecular flexibility index (Phi) is 5.26. The van der Waals surface area contributed by atoms with Crippen molar-refractivity contribution in [3.05, 3.63) is 35.4 Å². The Balaban J connectivity index is 1.45. The van der Waals surface area contributed by atoms with Crippen molar-refractivity contribution in [1.82, 2.24) is 10.2 Å². The molecule has 126 valence electrons. The zero-order valence-electron chi connectivity index (χ0n) is 13.4. The average Bonchev–Trinajstić information content (AvgIpc) is 3.33. The molecule has 3 nitrogen and oxygen atoms in total. The van der Waals surface area contributed by atoms with Gasteiger partial charge in [0.15, 0.2) is 11.6 Å². The summed E-state index contributed by atoms with van der Waals surface area (Å²) in [4.78, 5) is 14.1. The van der Waals surface area contributed by atoms with E-state index in [1.54, 1.807) is 6.07 Å². The topological polar surface area (TPSA) is 32.3 Å². The molecule has 1 aliphatic carbocycles. The lowest BCUT2D eigenvalue weighted by molar-refractivity contribution is -0.121. The predicted molar refractivity (Wildman–Crippen MR) is 84.8 cm³/mol. The summed E-state index contributed by atoms with van der Waals surface area (Å²) in [6.45, 7) is 2.54. The lowest BCUT2D eigenvalue weighted by Crippen LogP contribution is -2.35. The highest BCUT2D eigenvalue weighted by Gasteiger charge is 2.25. The van der Waals surface area contributed by atoms with Crippen molar-refractivity contribution in [1.29, 1.82) is 0 Å². The van der Waals surface area contributed by atoms with Gasteiger partial charge >= 0.3 is 0 Å². The van der Waals surface area contributed by atoms with Crippen LogP contribution in [-0.2, 0) is 11.3 Å². The Morgan fingerprint density at radius 1 is 1.22 bits per heavy atom. The summed E-state index contributed by atoms with van der Waals surface area (Å²) >= 11 is 0. The van der Waals surface area contributed by atoms with Crippen molar-refractivity contribution < 1.29 is 13.6 Å². The number of benzene rings is 1. The molecule has 1 saturated carbocycles. The van der Waals surface area contributed by atoms with Crippen LogP contribution in [0.15, 0.2) is 18.2 Å². The van der Waals surface area contributed by atoms with E-state index in [0.717, 1.165) is 50.8 Å². The van der Waals surface area contributed by atoms with Crippen LogP contribution >= 0.6 is 0 Å². The molecule has 23 heavy (non-hydrogen) atoms. The number of halogens is 2. The SMILES string of the molecule is O=C(CCC1CCCN(Cc2ccc(F)c(F)c2)C1)NC1CC1. The maximum atomic E-state index is 13.3. The van der Waals surface area contributed by atoms with E-state index in [1.165, 1.54) is 12.1 Å². The highest BCUT2D eigenvalue weighted by atomic mass is 19.2. The number of likely N-dealkylation sites (tertiary alicyclic amines) is 1. The molecule has 1 atom stereocenters.